The highest BCUT2D eigenvalue weighted by Crippen LogP contribution is 2.60. The Bertz CT molecular complexity index is 617. The lowest BCUT2D eigenvalue weighted by atomic mass is 9.66. The molecule has 2 atom stereocenters. The van der Waals surface area contributed by atoms with Crippen molar-refractivity contribution in [1.29, 1.82) is 0 Å². The molecule has 1 aromatic rings. The molecule has 1 saturated carbocycles. The van der Waals surface area contributed by atoms with Gasteiger partial charge in [0.05, 0.1) is 18.3 Å². The molecule has 0 N–H and O–H groups in total. The van der Waals surface area contributed by atoms with Crippen LogP contribution in [0.5, 0.6) is 11.5 Å². The zero-order valence-corrected chi connectivity index (χ0v) is 16.5. The van der Waals surface area contributed by atoms with Crippen molar-refractivity contribution < 1.29 is 9.47 Å². The summed E-state index contributed by atoms with van der Waals surface area (Å²) in [6, 6.07) is 7.24. The Labute approximate surface area is 153 Å². The molecular formula is C19H27NO2S2. The van der Waals surface area contributed by atoms with Gasteiger partial charge in [-0.25, -0.2) is 0 Å². The first-order valence-electron chi connectivity index (χ1n) is 8.83. The van der Waals surface area contributed by atoms with E-state index in [1.807, 2.05) is 0 Å². The number of rotatable bonds is 3. The summed E-state index contributed by atoms with van der Waals surface area (Å²) >= 11 is 4.43. The van der Waals surface area contributed by atoms with Crippen molar-refractivity contribution in [2.45, 2.75) is 41.2 Å². The zero-order valence-electron chi connectivity index (χ0n) is 14.8. The minimum Gasteiger partial charge on any atom is -0.493 e. The van der Waals surface area contributed by atoms with Crippen molar-refractivity contribution in [1.82, 2.24) is 4.90 Å². The quantitative estimate of drug-likeness (QED) is 0.805. The SMILES string of the molecule is COc1ccc([C@]23CCN(C)[C@H]2CC2(CC3)SCCS2)cc1OC. The second-order valence-electron chi connectivity index (χ2n) is 7.28. The number of likely N-dealkylation sites (N-methyl/N-ethyl adjacent to an activating group) is 1. The van der Waals surface area contributed by atoms with E-state index in [1.165, 1.54) is 49.3 Å². The Balaban J connectivity index is 1.70. The van der Waals surface area contributed by atoms with Crippen molar-refractivity contribution in [3.63, 3.8) is 0 Å². The van der Waals surface area contributed by atoms with E-state index >= 15 is 0 Å². The Morgan fingerprint density at radius 1 is 1.04 bits per heavy atom. The minimum atomic E-state index is 0.281. The largest absolute Gasteiger partial charge is 0.493 e. The van der Waals surface area contributed by atoms with Crippen LogP contribution < -0.4 is 9.47 Å². The van der Waals surface area contributed by atoms with Gasteiger partial charge in [0.15, 0.2) is 11.5 Å². The third-order valence-electron chi connectivity index (χ3n) is 6.31. The minimum absolute atomic E-state index is 0.281. The Morgan fingerprint density at radius 3 is 2.50 bits per heavy atom. The molecule has 2 aliphatic heterocycles. The first-order valence-corrected chi connectivity index (χ1v) is 10.8. The average Bonchev–Trinajstić information content (AvgIpc) is 3.21. The van der Waals surface area contributed by atoms with Crippen LogP contribution in [0.4, 0.5) is 0 Å². The topological polar surface area (TPSA) is 21.7 Å². The summed E-state index contributed by atoms with van der Waals surface area (Å²) in [6.07, 6.45) is 5.20. The molecule has 0 bridgehead atoms. The molecule has 132 valence electrons. The molecule has 2 heterocycles. The Hall–Kier alpha value is -0.520. The molecule has 1 aromatic carbocycles. The monoisotopic (exact) mass is 365 g/mol. The number of benzene rings is 1. The van der Waals surface area contributed by atoms with Gasteiger partial charge in [-0.3, -0.25) is 0 Å². The number of hydrogen-bond acceptors (Lipinski definition) is 5. The molecule has 1 aliphatic carbocycles. The van der Waals surface area contributed by atoms with Crippen LogP contribution in [0.1, 0.15) is 31.2 Å². The first kappa shape index (κ1) is 16.9. The van der Waals surface area contributed by atoms with Crippen LogP contribution >= 0.6 is 23.5 Å². The lowest BCUT2D eigenvalue weighted by molar-refractivity contribution is 0.179. The molecule has 24 heavy (non-hydrogen) atoms. The van der Waals surface area contributed by atoms with Crippen LogP contribution in [0.3, 0.4) is 0 Å². The van der Waals surface area contributed by atoms with Gasteiger partial charge in [0.2, 0.25) is 0 Å². The average molecular weight is 366 g/mol. The molecule has 2 saturated heterocycles. The van der Waals surface area contributed by atoms with Crippen LogP contribution in [-0.2, 0) is 5.41 Å². The summed E-state index contributed by atoms with van der Waals surface area (Å²) in [7, 11) is 5.76. The van der Waals surface area contributed by atoms with Crippen LogP contribution in [-0.4, -0.2) is 54.3 Å². The highest BCUT2D eigenvalue weighted by atomic mass is 32.2. The summed E-state index contributed by atoms with van der Waals surface area (Å²) in [5.41, 5.74) is 1.72. The molecule has 0 aromatic heterocycles. The summed E-state index contributed by atoms with van der Waals surface area (Å²) < 4.78 is 11.5. The molecular weight excluding hydrogens is 338 g/mol. The van der Waals surface area contributed by atoms with Crippen molar-refractivity contribution in [2.24, 2.45) is 0 Å². The van der Waals surface area contributed by atoms with Gasteiger partial charge in [0, 0.05) is 23.0 Å². The van der Waals surface area contributed by atoms with E-state index < -0.39 is 0 Å². The van der Waals surface area contributed by atoms with Gasteiger partial charge in [-0.2, -0.15) is 0 Å². The number of likely N-dealkylation sites (tertiary alicyclic amines) is 1. The number of methoxy groups -OCH3 is 2. The van der Waals surface area contributed by atoms with Gasteiger partial charge in [0.1, 0.15) is 0 Å². The summed E-state index contributed by atoms with van der Waals surface area (Å²) in [6.45, 7) is 1.20. The molecule has 4 rings (SSSR count). The second kappa shape index (κ2) is 6.33. The zero-order chi connectivity index (χ0) is 16.8. The number of fused-ring (bicyclic) bond motifs is 1. The van der Waals surface area contributed by atoms with Crippen molar-refractivity contribution >= 4 is 23.5 Å². The smallest absolute Gasteiger partial charge is 0.161 e. The third-order valence-corrected chi connectivity index (χ3v) is 9.88. The molecule has 0 radical (unpaired) electrons. The fraction of sp³-hybridized carbons (Fsp3) is 0.684. The fourth-order valence-corrected chi connectivity index (χ4v) is 8.25. The lowest BCUT2D eigenvalue weighted by Gasteiger charge is -2.48. The summed E-state index contributed by atoms with van der Waals surface area (Å²) in [4.78, 5) is 2.61. The summed E-state index contributed by atoms with van der Waals surface area (Å²) in [5, 5.41) is 0. The van der Waals surface area contributed by atoms with Crippen molar-refractivity contribution in [3.05, 3.63) is 23.8 Å². The predicted molar refractivity (Wildman–Crippen MR) is 104 cm³/mol. The van der Waals surface area contributed by atoms with E-state index in [1.54, 1.807) is 14.2 Å². The van der Waals surface area contributed by atoms with E-state index in [0.717, 1.165) is 11.5 Å². The van der Waals surface area contributed by atoms with Crippen LogP contribution in [0.2, 0.25) is 0 Å². The maximum Gasteiger partial charge on any atom is 0.161 e. The number of nitrogens with zero attached hydrogens (tertiary/aromatic N) is 1. The highest BCUT2D eigenvalue weighted by molar-refractivity contribution is 8.21. The number of ether oxygens (including phenoxy) is 2. The van der Waals surface area contributed by atoms with Gasteiger partial charge >= 0.3 is 0 Å². The van der Waals surface area contributed by atoms with Crippen LogP contribution in [0, 0.1) is 0 Å². The molecule has 3 aliphatic rings. The molecule has 1 spiro atoms. The Morgan fingerprint density at radius 2 is 1.79 bits per heavy atom. The van der Waals surface area contributed by atoms with E-state index in [2.05, 4.69) is 53.7 Å². The predicted octanol–water partition coefficient (Wildman–Crippen LogP) is 4.01. The number of hydrogen-bond donors (Lipinski definition) is 0. The van der Waals surface area contributed by atoms with E-state index in [0.29, 0.717) is 10.1 Å². The van der Waals surface area contributed by atoms with Crippen LogP contribution in [0.25, 0.3) is 0 Å². The molecule has 3 fully saturated rings. The molecule has 5 heteroatoms. The fourth-order valence-electron chi connectivity index (χ4n) is 4.96. The van der Waals surface area contributed by atoms with Crippen LogP contribution in [0.15, 0.2) is 18.2 Å². The van der Waals surface area contributed by atoms with Gasteiger partial charge in [-0.15, -0.1) is 23.5 Å². The first-order chi connectivity index (χ1) is 11.6. The second-order valence-corrected chi connectivity index (χ2v) is 10.5. The number of thioether (sulfide) groups is 2. The normalized spacial score (nSPS) is 32.0. The Kier molecular flexibility index (Phi) is 4.46. The van der Waals surface area contributed by atoms with Gasteiger partial charge in [-0.1, -0.05) is 6.07 Å². The maximum absolute atomic E-state index is 5.59. The molecule has 0 unspecified atom stereocenters. The van der Waals surface area contributed by atoms with Gasteiger partial charge < -0.3 is 14.4 Å². The van der Waals surface area contributed by atoms with E-state index in [9.17, 15) is 0 Å². The van der Waals surface area contributed by atoms with E-state index in [4.69, 9.17) is 9.47 Å². The lowest BCUT2D eigenvalue weighted by Crippen LogP contribution is -2.49. The maximum atomic E-state index is 5.59. The van der Waals surface area contributed by atoms with Gasteiger partial charge in [-0.05, 0) is 57.0 Å². The van der Waals surface area contributed by atoms with Crippen molar-refractivity contribution in [3.8, 4) is 11.5 Å². The summed E-state index contributed by atoms with van der Waals surface area (Å²) in [5.74, 6) is 4.34. The third kappa shape index (κ3) is 2.55. The highest BCUT2D eigenvalue weighted by Gasteiger charge is 2.55. The molecule has 0 amide bonds. The van der Waals surface area contributed by atoms with Crippen molar-refractivity contribution in [2.75, 3.05) is 39.3 Å². The van der Waals surface area contributed by atoms with E-state index in [-0.39, 0.29) is 5.41 Å². The molecule has 3 nitrogen and oxygen atoms in total. The van der Waals surface area contributed by atoms with Gasteiger partial charge in [0.25, 0.3) is 0 Å². The standard InChI is InChI=1S/C19H27NO2S2/c1-20-9-8-18(14-4-5-15(21-2)16(12-14)22-3)6-7-19(13-17(18)20)23-10-11-24-19/h4-5,12,17H,6-11,13H2,1-3H3/t17-,18-/m0/s1.